The van der Waals surface area contributed by atoms with Crippen LogP contribution in [0, 0.1) is 6.92 Å². The van der Waals surface area contributed by atoms with Crippen molar-refractivity contribution in [3.8, 4) is 33.4 Å². The van der Waals surface area contributed by atoms with Gasteiger partial charge >= 0.3 is 0 Å². The van der Waals surface area contributed by atoms with E-state index in [0.717, 1.165) is 32.7 Å². The second-order valence-corrected chi connectivity index (χ2v) is 12.6. The van der Waals surface area contributed by atoms with Gasteiger partial charge in [-0.15, -0.1) is 0 Å². The molecule has 0 amide bonds. The SMILES string of the molecule is C=c1cccc/c1=C/c1oc2ccc(-c3cccc(-c4c5ccccc5c(-c5ccc6ccccc6c5)c5ccccc45)c3)cc2c1C. The van der Waals surface area contributed by atoms with Crippen molar-refractivity contribution in [3.05, 3.63) is 179 Å². The molecular weight excluding hydrogens is 581 g/mol. The lowest BCUT2D eigenvalue weighted by molar-refractivity contribution is 0.601. The summed E-state index contributed by atoms with van der Waals surface area (Å²) in [5, 5.41) is 10.7. The predicted molar refractivity (Wildman–Crippen MR) is 205 cm³/mol. The molecule has 0 unspecified atom stereocenters. The van der Waals surface area contributed by atoms with Gasteiger partial charge in [-0.3, -0.25) is 0 Å². The Kier molecular flexibility index (Phi) is 6.59. The molecule has 8 aromatic carbocycles. The molecule has 0 bridgehead atoms. The summed E-state index contributed by atoms with van der Waals surface area (Å²) < 4.78 is 6.33. The number of benzene rings is 8. The Labute approximate surface area is 279 Å². The van der Waals surface area contributed by atoms with Crippen LogP contribution in [-0.2, 0) is 0 Å². The average molecular weight is 613 g/mol. The van der Waals surface area contributed by atoms with E-state index in [2.05, 4.69) is 159 Å². The Hall–Kier alpha value is -6.18. The largest absolute Gasteiger partial charge is 0.456 e. The molecule has 1 nitrogen and oxygen atoms in total. The summed E-state index contributed by atoms with van der Waals surface area (Å²) in [5.74, 6) is 0.872. The fraction of sp³-hybridized carbons (Fsp3) is 0.0213. The molecule has 0 saturated heterocycles. The lowest BCUT2D eigenvalue weighted by Crippen LogP contribution is -2.21. The molecule has 0 spiro atoms. The van der Waals surface area contributed by atoms with Crippen LogP contribution in [0.15, 0.2) is 162 Å². The van der Waals surface area contributed by atoms with Crippen molar-refractivity contribution >= 4 is 55.9 Å². The molecule has 1 heterocycles. The van der Waals surface area contributed by atoms with Crippen molar-refractivity contribution in [2.45, 2.75) is 6.92 Å². The Morgan fingerprint density at radius 2 is 1.02 bits per heavy atom. The number of aryl methyl sites for hydroxylation is 1. The molecule has 0 aliphatic carbocycles. The normalized spacial score (nSPS) is 12.1. The molecule has 48 heavy (non-hydrogen) atoms. The van der Waals surface area contributed by atoms with E-state index in [1.54, 1.807) is 0 Å². The standard InChI is InChI=1S/C47H32O/c1-30-12-3-4-14-33(30)29-45-31(2)43-28-36(24-25-44(43)48-45)35-16-11-17-37(27-35)46-39-18-7-9-20-41(39)47(42-21-10-8-19-40(42)46)38-23-22-32-13-5-6-15-34(32)26-38/h3-29H,1H2,2H3/b33-29-. The van der Waals surface area contributed by atoms with Gasteiger partial charge in [0.1, 0.15) is 11.3 Å². The van der Waals surface area contributed by atoms with Gasteiger partial charge in [-0.05, 0) is 113 Å². The fourth-order valence-corrected chi connectivity index (χ4v) is 7.32. The minimum Gasteiger partial charge on any atom is -0.456 e. The second kappa shape index (κ2) is 11.3. The van der Waals surface area contributed by atoms with E-state index in [-0.39, 0.29) is 0 Å². The topological polar surface area (TPSA) is 13.1 Å². The first kappa shape index (κ1) is 28.1. The summed E-state index contributed by atoms with van der Waals surface area (Å²) in [6, 6.07) is 56.8. The van der Waals surface area contributed by atoms with E-state index in [9.17, 15) is 0 Å². The van der Waals surface area contributed by atoms with Crippen LogP contribution in [0.1, 0.15) is 11.3 Å². The van der Waals surface area contributed by atoms with Crippen molar-refractivity contribution in [3.63, 3.8) is 0 Å². The minimum atomic E-state index is 0.872. The third-order valence-electron chi connectivity index (χ3n) is 9.77. The number of hydrogen-bond acceptors (Lipinski definition) is 1. The van der Waals surface area contributed by atoms with Crippen LogP contribution >= 0.6 is 0 Å². The van der Waals surface area contributed by atoms with E-state index in [4.69, 9.17) is 4.42 Å². The Balaban J connectivity index is 1.21. The quantitative estimate of drug-likeness (QED) is 0.180. The van der Waals surface area contributed by atoms with Crippen LogP contribution in [0.2, 0.25) is 0 Å². The molecule has 0 aliphatic heterocycles. The molecule has 1 aromatic heterocycles. The van der Waals surface area contributed by atoms with Crippen LogP contribution in [0.4, 0.5) is 0 Å². The van der Waals surface area contributed by atoms with E-state index < -0.39 is 0 Å². The molecule has 1 heteroatoms. The first-order chi connectivity index (χ1) is 23.6. The van der Waals surface area contributed by atoms with E-state index in [1.165, 1.54) is 65.7 Å². The summed E-state index contributed by atoms with van der Waals surface area (Å²) in [4.78, 5) is 0. The maximum absolute atomic E-state index is 6.33. The van der Waals surface area contributed by atoms with Gasteiger partial charge in [-0.25, -0.2) is 0 Å². The summed E-state index contributed by atoms with van der Waals surface area (Å²) in [5.41, 5.74) is 9.34. The van der Waals surface area contributed by atoms with Gasteiger partial charge in [0.25, 0.3) is 0 Å². The Morgan fingerprint density at radius 1 is 0.458 bits per heavy atom. The number of fused-ring (bicyclic) bond motifs is 4. The van der Waals surface area contributed by atoms with Crippen LogP contribution in [-0.4, -0.2) is 0 Å². The predicted octanol–water partition coefficient (Wildman–Crippen LogP) is 11.4. The number of hydrogen-bond donors (Lipinski definition) is 0. The van der Waals surface area contributed by atoms with Crippen molar-refractivity contribution in [1.29, 1.82) is 0 Å². The van der Waals surface area contributed by atoms with Gasteiger partial charge in [0.05, 0.1) is 0 Å². The smallest absolute Gasteiger partial charge is 0.135 e. The fourth-order valence-electron chi connectivity index (χ4n) is 7.32. The van der Waals surface area contributed by atoms with Crippen molar-refractivity contribution in [1.82, 2.24) is 0 Å². The van der Waals surface area contributed by atoms with Crippen molar-refractivity contribution in [2.24, 2.45) is 0 Å². The molecule has 0 aliphatic rings. The zero-order valence-corrected chi connectivity index (χ0v) is 26.7. The highest BCUT2D eigenvalue weighted by molar-refractivity contribution is 6.21. The van der Waals surface area contributed by atoms with E-state index in [1.807, 2.05) is 18.2 Å². The Bertz CT molecular complexity index is 2760. The van der Waals surface area contributed by atoms with Gasteiger partial charge < -0.3 is 4.42 Å². The molecule has 0 fully saturated rings. The van der Waals surface area contributed by atoms with Crippen LogP contribution in [0.25, 0.3) is 89.3 Å². The molecular formula is C47H32O. The highest BCUT2D eigenvalue weighted by Gasteiger charge is 2.17. The molecule has 0 radical (unpaired) electrons. The monoisotopic (exact) mass is 612 g/mol. The van der Waals surface area contributed by atoms with Crippen LogP contribution in [0.5, 0.6) is 0 Å². The Morgan fingerprint density at radius 3 is 1.73 bits per heavy atom. The van der Waals surface area contributed by atoms with Crippen LogP contribution < -0.4 is 10.4 Å². The number of furan rings is 1. The first-order valence-electron chi connectivity index (χ1n) is 16.4. The zero-order chi connectivity index (χ0) is 32.2. The third-order valence-corrected chi connectivity index (χ3v) is 9.77. The zero-order valence-electron chi connectivity index (χ0n) is 26.7. The maximum atomic E-state index is 6.33. The molecule has 9 aromatic rings. The highest BCUT2D eigenvalue weighted by atomic mass is 16.3. The van der Waals surface area contributed by atoms with Crippen LogP contribution in [0.3, 0.4) is 0 Å². The second-order valence-electron chi connectivity index (χ2n) is 12.6. The van der Waals surface area contributed by atoms with Gasteiger partial charge in [0, 0.05) is 10.9 Å². The third kappa shape index (κ3) is 4.63. The maximum Gasteiger partial charge on any atom is 0.135 e. The lowest BCUT2D eigenvalue weighted by Gasteiger charge is -2.18. The van der Waals surface area contributed by atoms with Gasteiger partial charge in [0.15, 0.2) is 0 Å². The summed E-state index contributed by atoms with van der Waals surface area (Å²) in [7, 11) is 0. The van der Waals surface area contributed by atoms with E-state index >= 15 is 0 Å². The molecule has 0 N–H and O–H groups in total. The van der Waals surface area contributed by atoms with Crippen molar-refractivity contribution < 1.29 is 4.42 Å². The molecule has 226 valence electrons. The summed E-state index contributed by atoms with van der Waals surface area (Å²) in [6.07, 6.45) is 2.09. The molecule has 9 rings (SSSR count). The molecule has 0 atom stereocenters. The minimum absolute atomic E-state index is 0.872. The van der Waals surface area contributed by atoms with Gasteiger partial charge in [-0.2, -0.15) is 0 Å². The molecule has 0 saturated carbocycles. The highest BCUT2D eigenvalue weighted by Crippen LogP contribution is 2.44. The van der Waals surface area contributed by atoms with Gasteiger partial charge in [0.2, 0.25) is 0 Å². The van der Waals surface area contributed by atoms with E-state index in [0.29, 0.717) is 0 Å². The lowest BCUT2D eigenvalue weighted by atomic mass is 9.85. The van der Waals surface area contributed by atoms with Gasteiger partial charge in [-0.1, -0.05) is 140 Å². The first-order valence-corrected chi connectivity index (χ1v) is 16.4. The average Bonchev–Trinajstić information content (AvgIpc) is 3.45. The number of rotatable bonds is 4. The van der Waals surface area contributed by atoms with Crippen molar-refractivity contribution in [2.75, 3.05) is 0 Å². The summed E-state index contributed by atoms with van der Waals surface area (Å²) in [6.45, 7) is 6.32. The summed E-state index contributed by atoms with van der Waals surface area (Å²) >= 11 is 0.